The zero-order valence-electron chi connectivity index (χ0n) is 10.7. The largest absolute Gasteiger partial charge is 0.477 e. The van der Waals surface area contributed by atoms with Gasteiger partial charge in [-0.15, -0.1) is 0 Å². The van der Waals surface area contributed by atoms with Crippen LogP contribution < -0.4 is 5.32 Å². The molecule has 2 fully saturated rings. The number of carboxylic acids is 1. The molecule has 0 aromatic rings. The van der Waals surface area contributed by atoms with Gasteiger partial charge < -0.3 is 15.3 Å². The molecule has 1 amide bonds. The van der Waals surface area contributed by atoms with Gasteiger partial charge in [0.1, 0.15) is 0 Å². The van der Waals surface area contributed by atoms with Crippen LogP contribution in [0.15, 0.2) is 5.16 Å². The molecule has 0 radical (unpaired) electrons. The fraction of sp³-hybridized carbons (Fsp3) is 0.769. The predicted octanol–water partition coefficient (Wildman–Crippen LogP) is 0.768. The van der Waals surface area contributed by atoms with E-state index in [9.17, 15) is 9.59 Å². The second-order valence-electron chi connectivity index (χ2n) is 5.73. The zero-order chi connectivity index (χ0) is 13.4. The number of nitrogens with zero attached hydrogens (tertiary/aromatic N) is 1. The van der Waals surface area contributed by atoms with E-state index in [-0.39, 0.29) is 18.0 Å². The van der Waals surface area contributed by atoms with Crippen molar-refractivity contribution in [1.82, 2.24) is 5.32 Å². The van der Waals surface area contributed by atoms with E-state index in [1.807, 2.05) is 0 Å². The van der Waals surface area contributed by atoms with E-state index >= 15 is 0 Å². The first-order valence-corrected chi connectivity index (χ1v) is 6.89. The number of carbonyl (C=O) groups is 2. The Kier molecular flexibility index (Phi) is 3.16. The van der Waals surface area contributed by atoms with Gasteiger partial charge in [0.2, 0.25) is 6.10 Å². The number of nitrogens with one attached hydrogen (secondary N) is 1. The number of rotatable bonds is 6. The summed E-state index contributed by atoms with van der Waals surface area (Å²) in [6, 6.07) is 0. The molecule has 0 spiro atoms. The first-order chi connectivity index (χ1) is 9.15. The molecule has 3 aliphatic rings. The number of carboxylic acid groups (broad SMARTS) is 1. The van der Waals surface area contributed by atoms with Gasteiger partial charge >= 0.3 is 5.97 Å². The van der Waals surface area contributed by atoms with Crippen molar-refractivity contribution < 1.29 is 19.5 Å². The summed E-state index contributed by atoms with van der Waals surface area (Å²) in [5, 5.41) is 15.1. The molecule has 0 bridgehead atoms. The minimum Gasteiger partial charge on any atom is -0.477 e. The van der Waals surface area contributed by atoms with Crippen LogP contribution in [0.2, 0.25) is 0 Å². The molecule has 1 atom stereocenters. The minimum absolute atomic E-state index is 0.0543. The predicted molar refractivity (Wildman–Crippen MR) is 66.5 cm³/mol. The van der Waals surface area contributed by atoms with Gasteiger partial charge in [-0.3, -0.25) is 4.79 Å². The van der Waals surface area contributed by atoms with E-state index in [0.717, 1.165) is 11.8 Å². The minimum atomic E-state index is -1.12. The Balaban J connectivity index is 1.45. The van der Waals surface area contributed by atoms with Crippen LogP contribution in [0.25, 0.3) is 0 Å². The number of hydrogen-bond acceptors (Lipinski definition) is 4. The molecule has 3 rings (SSSR count). The van der Waals surface area contributed by atoms with Crippen LogP contribution in [0.4, 0.5) is 0 Å². The maximum absolute atomic E-state index is 11.9. The molecule has 6 heteroatoms. The van der Waals surface area contributed by atoms with Gasteiger partial charge in [0.05, 0.1) is 0 Å². The third kappa shape index (κ3) is 2.88. The number of hydrogen-bond donors (Lipinski definition) is 2. The Morgan fingerprint density at radius 3 is 2.42 bits per heavy atom. The first-order valence-electron chi connectivity index (χ1n) is 6.89. The number of aliphatic carboxylic acids is 1. The smallest absolute Gasteiger partial charge is 0.353 e. The van der Waals surface area contributed by atoms with Gasteiger partial charge in [0, 0.05) is 13.0 Å². The van der Waals surface area contributed by atoms with Gasteiger partial charge in [-0.1, -0.05) is 5.16 Å². The Morgan fingerprint density at radius 1 is 1.32 bits per heavy atom. The van der Waals surface area contributed by atoms with Crippen LogP contribution in [0, 0.1) is 17.8 Å². The van der Waals surface area contributed by atoms with Crippen molar-refractivity contribution in [2.75, 3.05) is 6.54 Å². The Hall–Kier alpha value is -1.59. The first kappa shape index (κ1) is 12.4. The molecule has 0 aromatic carbocycles. The Labute approximate surface area is 111 Å². The molecule has 1 aliphatic heterocycles. The molecule has 104 valence electrons. The lowest BCUT2D eigenvalue weighted by Gasteiger charge is -2.17. The summed E-state index contributed by atoms with van der Waals surface area (Å²) in [5.74, 6) is 0.798. The van der Waals surface area contributed by atoms with Gasteiger partial charge in [0.25, 0.3) is 5.91 Å². The average Bonchev–Trinajstić information content (AvgIpc) is 3.30. The molecule has 1 heterocycles. The Morgan fingerprint density at radius 2 is 1.95 bits per heavy atom. The highest BCUT2D eigenvalue weighted by atomic mass is 16.6. The lowest BCUT2D eigenvalue weighted by molar-refractivity contribution is -0.131. The standard InChI is InChI=1S/C13H18N2O4/c16-12(11-5-10(13(17)18)15-19-11)14-6-9(7-1-2-7)8-3-4-8/h7-9,11H,1-6H2,(H,14,16)(H,17,18). The highest BCUT2D eigenvalue weighted by molar-refractivity contribution is 6.36. The molecule has 6 nitrogen and oxygen atoms in total. The molecular weight excluding hydrogens is 248 g/mol. The average molecular weight is 266 g/mol. The number of carbonyl (C=O) groups excluding carboxylic acids is 1. The normalized spacial score (nSPS) is 25.9. The van der Waals surface area contributed by atoms with Crippen molar-refractivity contribution >= 4 is 17.6 Å². The van der Waals surface area contributed by atoms with Crippen LogP contribution >= 0.6 is 0 Å². The third-order valence-corrected chi connectivity index (χ3v) is 4.18. The van der Waals surface area contributed by atoms with E-state index in [1.165, 1.54) is 25.7 Å². The quantitative estimate of drug-likeness (QED) is 0.743. The fourth-order valence-corrected chi connectivity index (χ4v) is 2.74. The molecular formula is C13H18N2O4. The summed E-state index contributed by atoms with van der Waals surface area (Å²) in [7, 11) is 0. The SMILES string of the molecule is O=C(O)C1=NOC(C(=O)NCC(C2CC2)C2CC2)C1. The molecule has 1 unspecified atom stereocenters. The highest BCUT2D eigenvalue weighted by Crippen LogP contribution is 2.48. The molecule has 19 heavy (non-hydrogen) atoms. The van der Waals surface area contributed by atoms with E-state index in [0.29, 0.717) is 12.5 Å². The van der Waals surface area contributed by atoms with Crippen molar-refractivity contribution in [1.29, 1.82) is 0 Å². The zero-order valence-corrected chi connectivity index (χ0v) is 10.7. The fourth-order valence-electron chi connectivity index (χ4n) is 2.74. The summed E-state index contributed by atoms with van der Waals surface area (Å²) in [4.78, 5) is 27.5. The molecule has 2 aliphatic carbocycles. The van der Waals surface area contributed by atoms with Crippen molar-refractivity contribution in [2.24, 2.45) is 22.9 Å². The Bertz CT molecular complexity index is 414. The van der Waals surface area contributed by atoms with Crippen molar-refractivity contribution in [3.63, 3.8) is 0 Å². The number of oxime groups is 1. The van der Waals surface area contributed by atoms with Crippen molar-refractivity contribution in [3.8, 4) is 0 Å². The van der Waals surface area contributed by atoms with Gasteiger partial charge in [-0.05, 0) is 43.4 Å². The summed E-state index contributed by atoms with van der Waals surface area (Å²) >= 11 is 0. The summed E-state index contributed by atoms with van der Waals surface area (Å²) in [5.41, 5.74) is -0.0823. The summed E-state index contributed by atoms with van der Waals surface area (Å²) in [6.07, 6.45) is 4.41. The summed E-state index contributed by atoms with van der Waals surface area (Å²) in [6.45, 7) is 0.691. The van der Waals surface area contributed by atoms with Crippen LogP contribution in [0.5, 0.6) is 0 Å². The molecule has 2 N–H and O–H groups in total. The van der Waals surface area contributed by atoms with E-state index in [1.54, 1.807) is 0 Å². The van der Waals surface area contributed by atoms with Gasteiger partial charge in [-0.2, -0.15) is 0 Å². The van der Waals surface area contributed by atoms with E-state index < -0.39 is 12.1 Å². The lowest BCUT2D eigenvalue weighted by Crippen LogP contribution is -2.38. The maximum atomic E-state index is 11.9. The van der Waals surface area contributed by atoms with Gasteiger partial charge in [-0.25, -0.2) is 4.79 Å². The topological polar surface area (TPSA) is 88.0 Å². The van der Waals surface area contributed by atoms with Gasteiger partial charge in [0.15, 0.2) is 5.71 Å². The number of amides is 1. The monoisotopic (exact) mass is 266 g/mol. The van der Waals surface area contributed by atoms with Crippen LogP contribution in [-0.2, 0) is 14.4 Å². The molecule has 2 saturated carbocycles. The molecule has 0 saturated heterocycles. The van der Waals surface area contributed by atoms with Crippen molar-refractivity contribution in [3.05, 3.63) is 0 Å². The van der Waals surface area contributed by atoms with Crippen LogP contribution in [-0.4, -0.2) is 35.3 Å². The lowest BCUT2D eigenvalue weighted by atomic mass is 9.98. The van der Waals surface area contributed by atoms with Crippen LogP contribution in [0.3, 0.4) is 0 Å². The van der Waals surface area contributed by atoms with Crippen LogP contribution in [0.1, 0.15) is 32.1 Å². The third-order valence-electron chi connectivity index (χ3n) is 4.18. The van der Waals surface area contributed by atoms with Crippen molar-refractivity contribution in [2.45, 2.75) is 38.2 Å². The van der Waals surface area contributed by atoms with E-state index in [4.69, 9.17) is 9.94 Å². The molecule has 0 aromatic heterocycles. The highest BCUT2D eigenvalue weighted by Gasteiger charge is 2.41. The van der Waals surface area contributed by atoms with E-state index in [2.05, 4.69) is 10.5 Å². The maximum Gasteiger partial charge on any atom is 0.353 e. The second-order valence-corrected chi connectivity index (χ2v) is 5.73. The second kappa shape index (κ2) is 4.83. The summed E-state index contributed by atoms with van der Waals surface area (Å²) < 4.78 is 0.